The second-order valence-corrected chi connectivity index (χ2v) is 7.42. The highest BCUT2D eigenvalue weighted by atomic mass is 35.5. The maximum atomic E-state index is 10.7. The van der Waals surface area contributed by atoms with Gasteiger partial charge in [0.1, 0.15) is 24.2 Å². The first kappa shape index (κ1) is 19.6. The third-order valence-corrected chi connectivity index (χ3v) is 4.99. The molecular formula is C21H20Cl2O5. The molecule has 4 rings (SSSR count). The van der Waals surface area contributed by atoms with Crippen molar-refractivity contribution in [3.63, 3.8) is 0 Å². The minimum absolute atomic E-state index is 0.157. The molecule has 3 aromatic carbocycles. The Morgan fingerprint density at radius 2 is 1.50 bits per heavy atom. The highest BCUT2D eigenvalue weighted by molar-refractivity contribution is 6.32. The zero-order valence-electron chi connectivity index (χ0n) is 15.1. The van der Waals surface area contributed by atoms with Crippen molar-refractivity contribution in [3.05, 3.63) is 46.4 Å². The van der Waals surface area contributed by atoms with Gasteiger partial charge in [-0.15, -0.1) is 0 Å². The maximum Gasteiger partial charge on any atom is 0.135 e. The van der Waals surface area contributed by atoms with Crippen LogP contribution in [0.2, 0.25) is 10.0 Å². The Morgan fingerprint density at radius 3 is 2.25 bits per heavy atom. The van der Waals surface area contributed by atoms with Crippen molar-refractivity contribution in [3.8, 4) is 11.5 Å². The Balaban J connectivity index is 1.48. The van der Waals surface area contributed by atoms with Gasteiger partial charge in [0.25, 0.3) is 0 Å². The normalized spacial score (nSPS) is 16.0. The number of epoxide rings is 1. The van der Waals surface area contributed by atoms with Crippen molar-refractivity contribution in [1.29, 1.82) is 0 Å². The van der Waals surface area contributed by atoms with Gasteiger partial charge in [0.2, 0.25) is 0 Å². The summed E-state index contributed by atoms with van der Waals surface area (Å²) in [5, 5.41) is 14.6. The van der Waals surface area contributed by atoms with Gasteiger partial charge in [0, 0.05) is 31.6 Å². The van der Waals surface area contributed by atoms with E-state index >= 15 is 0 Å². The Morgan fingerprint density at radius 1 is 0.857 bits per heavy atom. The summed E-state index contributed by atoms with van der Waals surface area (Å²) in [6.45, 7) is 3.21. The molecule has 1 unspecified atom stereocenters. The quantitative estimate of drug-likeness (QED) is 0.304. The fourth-order valence-electron chi connectivity index (χ4n) is 3.07. The average molecular weight is 423 g/mol. The summed E-state index contributed by atoms with van der Waals surface area (Å²) in [5.74, 6) is 0.803. The van der Waals surface area contributed by atoms with E-state index in [-0.39, 0.29) is 11.9 Å². The van der Waals surface area contributed by atoms with Gasteiger partial charge in [-0.3, -0.25) is 0 Å². The number of benzene rings is 3. The summed E-state index contributed by atoms with van der Waals surface area (Å²) < 4.78 is 22.1. The third kappa shape index (κ3) is 4.45. The van der Waals surface area contributed by atoms with Crippen LogP contribution in [0.4, 0.5) is 0 Å². The molecule has 0 spiro atoms. The van der Waals surface area contributed by atoms with Crippen molar-refractivity contribution in [2.24, 2.45) is 0 Å². The first-order valence-electron chi connectivity index (χ1n) is 9.07. The number of rotatable bonds is 9. The lowest BCUT2D eigenvalue weighted by Crippen LogP contribution is -2.12. The van der Waals surface area contributed by atoms with Crippen molar-refractivity contribution in [1.82, 2.24) is 0 Å². The van der Waals surface area contributed by atoms with E-state index in [1.807, 2.05) is 6.07 Å². The number of halogens is 2. The van der Waals surface area contributed by atoms with Gasteiger partial charge in [0.05, 0.1) is 33.0 Å². The molecule has 3 aromatic rings. The lowest BCUT2D eigenvalue weighted by atomic mass is 10.0. The van der Waals surface area contributed by atoms with Crippen LogP contribution in [0.15, 0.2) is 36.4 Å². The summed E-state index contributed by atoms with van der Waals surface area (Å²) in [5.41, 5.74) is 0. The van der Waals surface area contributed by atoms with Crippen molar-refractivity contribution < 1.29 is 24.1 Å². The highest BCUT2D eigenvalue weighted by Gasteiger charge is 2.22. The van der Waals surface area contributed by atoms with Crippen molar-refractivity contribution in [2.45, 2.75) is 6.10 Å². The third-order valence-electron chi connectivity index (χ3n) is 4.51. The molecule has 0 aromatic heterocycles. The minimum Gasteiger partial charge on any atom is -0.507 e. The number of hydrogen-bond donors (Lipinski definition) is 1. The monoisotopic (exact) mass is 422 g/mol. The van der Waals surface area contributed by atoms with E-state index in [1.54, 1.807) is 30.3 Å². The second-order valence-electron chi connectivity index (χ2n) is 6.55. The maximum absolute atomic E-state index is 10.7. The first-order valence-corrected chi connectivity index (χ1v) is 9.82. The summed E-state index contributed by atoms with van der Waals surface area (Å²) in [6, 6.07) is 10.6. The zero-order chi connectivity index (χ0) is 19.5. The predicted molar refractivity (Wildman–Crippen MR) is 110 cm³/mol. The fraction of sp³-hybridized carbons (Fsp3) is 0.333. The molecule has 0 amide bonds. The van der Waals surface area contributed by atoms with Gasteiger partial charge in [-0.1, -0.05) is 23.2 Å². The van der Waals surface area contributed by atoms with Crippen LogP contribution in [0, 0.1) is 0 Å². The van der Waals surface area contributed by atoms with Crippen LogP contribution in [0.25, 0.3) is 21.5 Å². The molecule has 1 saturated heterocycles. The molecular weight excluding hydrogens is 403 g/mol. The molecule has 1 aliphatic rings. The summed E-state index contributed by atoms with van der Waals surface area (Å²) in [7, 11) is 0. The lowest BCUT2D eigenvalue weighted by molar-refractivity contribution is 0.0320. The molecule has 7 heteroatoms. The summed E-state index contributed by atoms with van der Waals surface area (Å²) >= 11 is 12.3. The van der Waals surface area contributed by atoms with Gasteiger partial charge < -0.3 is 24.1 Å². The van der Waals surface area contributed by atoms with Crippen LogP contribution < -0.4 is 4.74 Å². The van der Waals surface area contributed by atoms with E-state index in [0.717, 1.165) is 17.4 Å². The number of ether oxygens (including phenoxy) is 4. The van der Waals surface area contributed by atoms with Crippen LogP contribution in [0.1, 0.15) is 0 Å². The number of fused-ring (bicyclic) bond motifs is 2. The van der Waals surface area contributed by atoms with E-state index in [2.05, 4.69) is 0 Å². The molecule has 1 heterocycles. The van der Waals surface area contributed by atoms with Crippen LogP contribution >= 0.6 is 23.2 Å². The van der Waals surface area contributed by atoms with Crippen LogP contribution in [-0.4, -0.2) is 50.9 Å². The van der Waals surface area contributed by atoms with E-state index < -0.39 is 0 Å². The fourth-order valence-corrected chi connectivity index (χ4v) is 3.41. The smallest absolute Gasteiger partial charge is 0.135 e. The molecule has 148 valence electrons. The van der Waals surface area contributed by atoms with Crippen molar-refractivity contribution >= 4 is 44.7 Å². The molecule has 1 atom stereocenters. The number of phenolic OH excluding ortho intramolecular Hbond substituents is 1. The van der Waals surface area contributed by atoms with Gasteiger partial charge >= 0.3 is 0 Å². The largest absolute Gasteiger partial charge is 0.507 e. The molecule has 5 nitrogen and oxygen atoms in total. The predicted octanol–water partition coefficient (Wildman–Crippen LogP) is 4.82. The standard InChI is InChI=1S/C21H20Cl2O5/c22-13-2-4-17-18(9-13)20(24)16-3-1-14(23)10-19(16)21(17)27-8-7-25-5-6-26-11-15-12-28-15/h1-4,9-10,15,24H,5-8,11-12H2. The molecule has 0 radical (unpaired) electrons. The van der Waals surface area contributed by atoms with E-state index in [4.69, 9.17) is 42.1 Å². The Bertz CT molecular complexity index is 988. The van der Waals surface area contributed by atoms with E-state index in [0.29, 0.717) is 59.6 Å². The topological polar surface area (TPSA) is 60.5 Å². The summed E-state index contributed by atoms with van der Waals surface area (Å²) in [6.07, 6.45) is 0.264. The van der Waals surface area contributed by atoms with Gasteiger partial charge in [-0.25, -0.2) is 0 Å². The SMILES string of the molecule is Oc1c2cc(Cl)ccc2c(OCCOCCOCC2CO2)c2cc(Cl)ccc12. The average Bonchev–Trinajstić information content (AvgIpc) is 3.50. The molecule has 1 fully saturated rings. The van der Waals surface area contributed by atoms with E-state index in [1.165, 1.54) is 0 Å². The molecule has 0 saturated carbocycles. The highest BCUT2D eigenvalue weighted by Crippen LogP contribution is 2.43. The molecule has 1 N–H and O–H groups in total. The molecule has 0 aliphatic carbocycles. The van der Waals surface area contributed by atoms with Gasteiger partial charge in [-0.2, -0.15) is 0 Å². The molecule has 28 heavy (non-hydrogen) atoms. The first-order chi connectivity index (χ1) is 13.6. The lowest BCUT2D eigenvalue weighted by Gasteiger charge is -2.15. The summed E-state index contributed by atoms with van der Waals surface area (Å²) in [4.78, 5) is 0. The molecule has 0 bridgehead atoms. The van der Waals surface area contributed by atoms with Crippen LogP contribution in [0.5, 0.6) is 11.5 Å². The Hall–Kier alpha value is -1.76. The second kappa shape index (κ2) is 8.72. The Labute approximate surface area is 172 Å². The number of phenols is 1. The van der Waals surface area contributed by atoms with Gasteiger partial charge in [-0.05, 0) is 36.4 Å². The number of aromatic hydroxyl groups is 1. The van der Waals surface area contributed by atoms with Gasteiger partial charge in [0.15, 0.2) is 0 Å². The van der Waals surface area contributed by atoms with Crippen LogP contribution in [0.3, 0.4) is 0 Å². The van der Waals surface area contributed by atoms with E-state index in [9.17, 15) is 5.11 Å². The van der Waals surface area contributed by atoms with Crippen molar-refractivity contribution in [2.75, 3.05) is 39.6 Å². The zero-order valence-corrected chi connectivity index (χ0v) is 16.6. The number of hydrogen-bond acceptors (Lipinski definition) is 5. The minimum atomic E-state index is 0.157. The van der Waals surface area contributed by atoms with Crippen LogP contribution in [-0.2, 0) is 14.2 Å². The Kier molecular flexibility index (Phi) is 6.09. The molecule has 1 aliphatic heterocycles.